The highest BCUT2D eigenvalue weighted by Gasteiger charge is 2.08. The molecule has 34 heavy (non-hydrogen) atoms. The maximum atomic E-state index is 6.18. The number of methoxy groups -OCH3 is 2. The molecule has 1 heterocycles. The summed E-state index contributed by atoms with van der Waals surface area (Å²) in [5.41, 5.74) is 11.4. The number of hydrogen-bond acceptors (Lipinski definition) is 4. The molecule has 0 spiro atoms. The van der Waals surface area contributed by atoms with Gasteiger partial charge in [0.25, 0.3) is 0 Å². The van der Waals surface area contributed by atoms with Crippen molar-refractivity contribution in [3.05, 3.63) is 96.6 Å². The first-order valence-corrected chi connectivity index (χ1v) is 10.6. The van der Waals surface area contributed by atoms with E-state index in [1.807, 2.05) is 47.4 Å². The number of imidazole rings is 1. The number of benzene rings is 3. The van der Waals surface area contributed by atoms with Crippen LogP contribution >= 0.6 is 24.0 Å². The molecular weight excluding hydrogens is 541 g/mol. The van der Waals surface area contributed by atoms with Crippen molar-refractivity contribution >= 4 is 35.6 Å². The van der Waals surface area contributed by atoms with Crippen LogP contribution in [0.4, 0.5) is 5.69 Å². The Kier molecular flexibility index (Phi) is 8.92. The fourth-order valence-corrected chi connectivity index (χ4v) is 3.58. The van der Waals surface area contributed by atoms with Crippen LogP contribution in [0.2, 0.25) is 0 Å². The molecule has 0 saturated heterocycles. The van der Waals surface area contributed by atoms with Crippen molar-refractivity contribution in [2.75, 3.05) is 19.5 Å². The van der Waals surface area contributed by atoms with Crippen LogP contribution < -0.4 is 20.5 Å². The lowest BCUT2D eigenvalue weighted by atomic mass is 9.98. The molecule has 0 saturated carbocycles. The van der Waals surface area contributed by atoms with E-state index in [4.69, 9.17) is 15.2 Å². The number of anilines is 1. The molecule has 176 valence electrons. The SMILES string of the molecule is COc1ccc(OC)c(NC(N)=NCc2ccccc2-c2ccc(Cn3ccnc3)cc2)c1.I. The van der Waals surface area contributed by atoms with E-state index in [1.165, 1.54) is 5.56 Å². The number of nitrogens with two attached hydrogens (primary N) is 1. The lowest BCUT2D eigenvalue weighted by molar-refractivity contribution is 0.405. The number of aliphatic imine (C=N–C) groups is 1. The van der Waals surface area contributed by atoms with E-state index < -0.39 is 0 Å². The molecule has 0 atom stereocenters. The van der Waals surface area contributed by atoms with Crippen molar-refractivity contribution < 1.29 is 9.47 Å². The fourth-order valence-electron chi connectivity index (χ4n) is 3.58. The molecule has 0 bridgehead atoms. The summed E-state index contributed by atoms with van der Waals surface area (Å²) in [6.07, 6.45) is 5.57. The number of nitrogens with one attached hydrogen (secondary N) is 1. The van der Waals surface area contributed by atoms with Gasteiger partial charge in [-0.2, -0.15) is 0 Å². The number of rotatable bonds is 8. The molecule has 0 aliphatic rings. The van der Waals surface area contributed by atoms with Crippen LogP contribution in [0, 0.1) is 0 Å². The summed E-state index contributed by atoms with van der Waals surface area (Å²) >= 11 is 0. The van der Waals surface area contributed by atoms with Gasteiger partial charge in [-0.15, -0.1) is 24.0 Å². The van der Waals surface area contributed by atoms with Gasteiger partial charge in [0.2, 0.25) is 0 Å². The van der Waals surface area contributed by atoms with E-state index in [0.717, 1.165) is 23.2 Å². The molecule has 0 aliphatic carbocycles. The molecule has 8 heteroatoms. The summed E-state index contributed by atoms with van der Waals surface area (Å²) in [7, 11) is 3.22. The van der Waals surface area contributed by atoms with E-state index in [-0.39, 0.29) is 24.0 Å². The molecule has 1 aromatic heterocycles. The van der Waals surface area contributed by atoms with Gasteiger partial charge in [0.1, 0.15) is 11.5 Å². The first kappa shape index (κ1) is 25.1. The quantitative estimate of drug-likeness (QED) is 0.174. The van der Waals surface area contributed by atoms with Crippen LogP contribution in [0.5, 0.6) is 11.5 Å². The van der Waals surface area contributed by atoms with Crippen LogP contribution in [-0.2, 0) is 13.1 Å². The lowest BCUT2D eigenvalue weighted by Gasteiger charge is -2.13. The van der Waals surface area contributed by atoms with Gasteiger partial charge in [-0.1, -0.05) is 48.5 Å². The summed E-state index contributed by atoms with van der Waals surface area (Å²) in [5.74, 6) is 1.66. The average Bonchev–Trinajstić information content (AvgIpc) is 3.36. The number of nitrogens with zero attached hydrogens (tertiary/aromatic N) is 3. The molecular formula is C26H28IN5O2. The van der Waals surface area contributed by atoms with Crippen molar-refractivity contribution in [3.63, 3.8) is 0 Å². The van der Waals surface area contributed by atoms with E-state index in [0.29, 0.717) is 29.7 Å². The minimum Gasteiger partial charge on any atom is -0.497 e. The Morgan fingerprint density at radius 2 is 1.82 bits per heavy atom. The highest BCUT2D eigenvalue weighted by atomic mass is 127. The summed E-state index contributed by atoms with van der Waals surface area (Å²) < 4.78 is 12.7. The third kappa shape index (κ3) is 6.28. The highest BCUT2D eigenvalue weighted by molar-refractivity contribution is 14.0. The molecule has 0 aliphatic heterocycles. The average molecular weight is 569 g/mol. The van der Waals surface area contributed by atoms with Crippen molar-refractivity contribution in [2.24, 2.45) is 10.7 Å². The second kappa shape index (κ2) is 12.1. The van der Waals surface area contributed by atoms with Gasteiger partial charge in [-0.3, -0.25) is 0 Å². The Morgan fingerprint density at radius 3 is 2.53 bits per heavy atom. The zero-order valence-corrected chi connectivity index (χ0v) is 21.5. The van der Waals surface area contributed by atoms with Gasteiger partial charge in [-0.05, 0) is 34.4 Å². The standard InChI is InChI=1S/C26H27N5O2.HI/c1-32-22-11-12-25(33-2)24(15-22)30-26(27)29-16-21-5-3-4-6-23(21)20-9-7-19(8-10-20)17-31-14-13-28-18-31;/h3-15,18H,16-17H2,1-2H3,(H3,27,29,30);1H. The van der Waals surface area contributed by atoms with Gasteiger partial charge in [0.05, 0.1) is 32.8 Å². The third-order valence-electron chi connectivity index (χ3n) is 5.30. The molecule has 0 fully saturated rings. The van der Waals surface area contributed by atoms with Crippen LogP contribution in [0.25, 0.3) is 11.1 Å². The summed E-state index contributed by atoms with van der Waals surface area (Å²) in [4.78, 5) is 8.65. The zero-order chi connectivity index (χ0) is 23.0. The molecule has 3 N–H and O–H groups in total. The molecule has 3 aromatic carbocycles. The number of hydrogen-bond donors (Lipinski definition) is 2. The molecule has 0 radical (unpaired) electrons. The Bertz CT molecular complexity index is 1220. The maximum Gasteiger partial charge on any atom is 0.193 e. The van der Waals surface area contributed by atoms with Crippen molar-refractivity contribution in [2.45, 2.75) is 13.1 Å². The van der Waals surface area contributed by atoms with Gasteiger partial charge in [-0.25, -0.2) is 9.98 Å². The summed E-state index contributed by atoms with van der Waals surface area (Å²) in [5, 5.41) is 3.11. The molecule has 4 rings (SSSR count). The second-order valence-electron chi connectivity index (χ2n) is 7.48. The highest BCUT2D eigenvalue weighted by Crippen LogP contribution is 2.29. The number of halogens is 1. The largest absolute Gasteiger partial charge is 0.497 e. The predicted molar refractivity (Wildman–Crippen MR) is 147 cm³/mol. The minimum atomic E-state index is 0. The Balaban J connectivity index is 0.00000324. The van der Waals surface area contributed by atoms with Gasteiger partial charge < -0.3 is 25.1 Å². The van der Waals surface area contributed by atoms with E-state index >= 15 is 0 Å². The number of guanidine groups is 1. The van der Waals surface area contributed by atoms with Crippen LogP contribution in [-0.4, -0.2) is 29.7 Å². The molecule has 4 aromatic rings. The third-order valence-corrected chi connectivity index (χ3v) is 5.30. The van der Waals surface area contributed by atoms with Gasteiger partial charge in [0.15, 0.2) is 5.96 Å². The number of ether oxygens (including phenoxy) is 2. The normalized spacial score (nSPS) is 10.9. The smallest absolute Gasteiger partial charge is 0.193 e. The van der Waals surface area contributed by atoms with Crippen LogP contribution in [0.3, 0.4) is 0 Å². The van der Waals surface area contributed by atoms with Crippen molar-refractivity contribution in [1.29, 1.82) is 0 Å². The van der Waals surface area contributed by atoms with Crippen LogP contribution in [0.15, 0.2) is 90.4 Å². The monoisotopic (exact) mass is 569 g/mol. The molecule has 0 unspecified atom stereocenters. The second-order valence-corrected chi connectivity index (χ2v) is 7.48. The van der Waals surface area contributed by atoms with E-state index in [1.54, 1.807) is 20.4 Å². The molecule has 0 amide bonds. The predicted octanol–water partition coefficient (Wildman–Crippen LogP) is 5.16. The fraction of sp³-hybridized carbons (Fsp3) is 0.154. The Hall–Kier alpha value is -3.53. The summed E-state index contributed by atoms with van der Waals surface area (Å²) in [6, 6.07) is 22.2. The first-order valence-electron chi connectivity index (χ1n) is 10.6. The zero-order valence-electron chi connectivity index (χ0n) is 19.1. The van der Waals surface area contributed by atoms with Crippen molar-refractivity contribution in [3.8, 4) is 22.6 Å². The summed E-state index contributed by atoms with van der Waals surface area (Å²) in [6.45, 7) is 1.24. The Labute approximate surface area is 216 Å². The molecule has 7 nitrogen and oxygen atoms in total. The Morgan fingerprint density at radius 1 is 1.03 bits per heavy atom. The lowest BCUT2D eigenvalue weighted by Crippen LogP contribution is -2.23. The number of aromatic nitrogens is 2. The topological polar surface area (TPSA) is 86.7 Å². The van der Waals surface area contributed by atoms with E-state index in [9.17, 15) is 0 Å². The van der Waals surface area contributed by atoms with E-state index in [2.05, 4.69) is 51.7 Å². The van der Waals surface area contributed by atoms with Gasteiger partial charge >= 0.3 is 0 Å². The maximum absolute atomic E-state index is 6.18. The van der Waals surface area contributed by atoms with Crippen molar-refractivity contribution in [1.82, 2.24) is 9.55 Å². The van der Waals surface area contributed by atoms with Crippen LogP contribution in [0.1, 0.15) is 11.1 Å². The first-order chi connectivity index (χ1) is 16.2. The minimum absolute atomic E-state index is 0. The van der Waals surface area contributed by atoms with Gasteiger partial charge in [0, 0.05) is 25.0 Å².